The van der Waals surface area contributed by atoms with Crippen LogP contribution in [0.3, 0.4) is 0 Å². The predicted molar refractivity (Wildman–Crippen MR) is 95.1 cm³/mol. The van der Waals surface area contributed by atoms with Crippen LogP contribution in [-0.2, 0) is 11.2 Å². The number of carbonyl (C=O) groups is 1. The van der Waals surface area contributed by atoms with E-state index in [1.165, 1.54) is 13.3 Å². The summed E-state index contributed by atoms with van der Waals surface area (Å²) in [6, 6.07) is 12.9. The topological polar surface area (TPSA) is 59.9 Å². The van der Waals surface area contributed by atoms with Gasteiger partial charge in [-0.15, -0.1) is 0 Å². The number of benzene rings is 2. The number of methoxy groups -OCH3 is 1. The van der Waals surface area contributed by atoms with Crippen molar-refractivity contribution in [2.75, 3.05) is 13.7 Å². The first-order chi connectivity index (χ1) is 11.6. The number of nitrogens with one attached hydrogen (secondary N) is 1. The molecule has 0 spiro atoms. The van der Waals surface area contributed by atoms with Crippen LogP contribution in [0.2, 0.25) is 5.02 Å². The molecule has 0 fully saturated rings. The number of nitrogens with zero attached hydrogens (tertiary/aromatic N) is 1. The highest BCUT2D eigenvalue weighted by atomic mass is 35.5. The Morgan fingerprint density at radius 1 is 1.29 bits per heavy atom. The molecule has 0 atom stereocenters. The van der Waals surface area contributed by atoms with Crippen molar-refractivity contribution in [1.29, 1.82) is 0 Å². The van der Waals surface area contributed by atoms with Gasteiger partial charge in [-0.05, 0) is 30.2 Å². The molecule has 0 saturated carbocycles. The van der Waals surface area contributed by atoms with E-state index in [9.17, 15) is 4.79 Å². The smallest absolute Gasteiger partial charge is 0.244 e. The number of ether oxygens (including phenoxy) is 2. The van der Waals surface area contributed by atoms with Crippen LogP contribution >= 0.6 is 11.6 Å². The van der Waals surface area contributed by atoms with E-state index in [-0.39, 0.29) is 12.3 Å². The quantitative estimate of drug-likeness (QED) is 0.617. The standard InChI is InChI=1S/C18H19ClN2O3/c1-3-24-16-10-14(9-15(19)18(16)23-2)12-20-21-17(22)11-13-7-5-4-6-8-13/h4-10,12H,3,11H2,1-2H3,(H,21,22)/b20-12-. The maximum absolute atomic E-state index is 11.8. The first-order valence-corrected chi connectivity index (χ1v) is 7.88. The van der Waals surface area contributed by atoms with Gasteiger partial charge >= 0.3 is 0 Å². The van der Waals surface area contributed by atoms with Crippen LogP contribution in [0.25, 0.3) is 0 Å². The molecule has 1 N–H and O–H groups in total. The van der Waals surface area contributed by atoms with Gasteiger partial charge < -0.3 is 9.47 Å². The third-order valence-electron chi connectivity index (χ3n) is 3.15. The van der Waals surface area contributed by atoms with Crippen molar-refractivity contribution in [3.63, 3.8) is 0 Å². The fourth-order valence-electron chi connectivity index (χ4n) is 2.12. The molecule has 0 saturated heterocycles. The highest BCUT2D eigenvalue weighted by molar-refractivity contribution is 6.32. The SMILES string of the molecule is CCOc1cc(/C=N\NC(=O)Cc2ccccc2)cc(Cl)c1OC. The lowest BCUT2D eigenvalue weighted by atomic mass is 10.1. The first-order valence-electron chi connectivity index (χ1n) is 7.50. The minimum absolute atomic E-state index is 0.193. The average molecular weight is 347 g/mol. The lowest BCUT2D eigenvalue weighted by Crippen LogP contribution is -2.19. The number of hydrogen-bond acceptors (Lipinski definition) is 4. The molecule has 1 amide bonds. The molecule has 2 rings (SSSR count). The van der Waals surface area contributed by atoms with Gasteiger partial charge in [0, 0.05) is 0 Å². The normalized spacial score (nSPS) is 10.6. The van der Waals surface area contributed by atoms with Crippen LogP contribution in [0.15, 0.2) is 47.6 Å². The number of halogens is 1. The van der Waals surface area contributed by atoms with Gasteiger partial charge in [0.15, 0.2) is 11.5 Å². The highest BCUT2D eigenvalue weighted by Crippen LogP contribution is 2.35. The van der Waals surface area contributed by atoms with Crippen molar-refractivity contribution >= 4 is 23.7 Å². The van der Waals surface area contributed by atoms with Crippen LogP contribution in [0.1, 0.15) is 18.1 Å². The molecule has 2 aromatic carbocycles. The molecule has 24 heavy (non-hydrogen) atoms. The third kappa shape index (κ3) is 4.99. The highest BCUT2D eigenvalue weighted by Gasteiger charge is 2.10. The maximum atomic E-state index is 11.8. The van der Waals surface area contributed by atoms with Crippen LogP contribution in [0.4, 0.5) is 0 Å². The van der Waals surface area contributed by atoms with Crippen molar-refractivity contribution in [1.82, 2.24) is 5.43 Å². The van der Waals surface area contributed by atoms with Gasteiger partial charge in [-0.2, -0.15) is 5.10 Å². The van der Waals surface area contributed by atoms with E-state index in [4.69, 9.17) is 21.1 Å². The van der Waals surface area contributed by atoms with E-state index in [0.29, 0.717) is 28.7 Å². The molecule has 5 nitrogen and oxygen atoms in total. The Morgan fingerprint density at radius 3 is 2.71 bits per heavy atom. The summed E-state index contributed by atoms with van der Waals surface area (Å²) in [6.45, 7) is 2.36. The molecule has 0 aromatic heterocycles. The van der Waals surface area contributed by atoms with Gasteiger partial charge in [0.1, 0.15) is 0 Å². The van der Waals surface area contributed by atoms with Gasteiger partial charge in [-0.3, -0.25) is 4.79 Å². The van der Waals surface area contributed by atoms with Crippen LogP contribution in [0.5, 0.6) is 11.5 Å². The van der Waals surface area contributed by atoms with Crippen molar-refractivity contribution in [3.05, 3.63) is 58.6 Å². The summed E-state index contributed by atoms with van der Waals surface area (Å²) < 4.78 is 10.7. The molecule has 0 bridgehead atoms. The monoisotopic (exact) mass is 346 g/mol. The lowest BCUT2D eigenvalue weighted by molar-refractivity contribution is -0.120. The van der Waals surface area contributed by atoms with E-state index in [1.54, 1.807) is 12.1 Å². The Morgan fingerprint density at radius 2 is 2.04 bits per heavy atom. The summed E-state index contributed by atoms with van der Waals surface area (Å²) in [7, 11) is 1.53. The fourth-order valence-corrected chi connectivity index (χ4v) is 2.42. The minimum Gasteiger partial charge on any atom is -0.491 e. The predicted octanol–water partition coefficient (Wildman–Crippen LogP) is 3.44. The molecule has 0 unspecified atom stereocenters. The van der Waals surface area contributed by atoms with Crippen LogP contribution in [0, 0.1) is 0 Å². The van der Waals surface area contributed by atoms with E-state index in [0.717, 1.165) is 5.56 Å². The molecule has 0 aliphatic carbocycles. The van der Waals surface area contributed by atoms with E-state index in [2.05, 4.69) is 10.5 Å². The maximum Gasteiger partial charge on any atom is 0.244 e. The summed E-state index contributed by atoms with van der Waals surface area (Å²) in [6.07, 6.45) is 1.78. The fraction of sp³-hybridized carbons (Fsp3) is 0.222. The summed E-state index contributed by atoms with van der Waals surface area (Å²) in [5, 5.41) is 4.37. The molecule has 0 aliphatic rings. The van der Waals surface area contributed by atoms with Gasteiger partial charge in [0.05, 0.1) is 31.4 Å². The Kier molecular flexibility index (Phi) is 6.63. The zero-order valence-electron chi connectivity index (χ0n) is 13.6. The number of hydrogen-bond donors (Lipinski definition) is 1. The molecule has 126 valence electrons. The van der Waals surface area contributed by atoms with E-state index < -0.39 is 0 Å². The number of amides is 1. The zero-order valence-corrected chi connectivity index (χ0v) is 14.3. The second-order valence-corrected chi connectivity index (χ2v) is 5.33. The van der Waals surface area contributed by atoms with Crippen molar-refractivity contribution < 1.29 is 14.3 Å². The lowest BCUT2D eigenvalue weighted by Gasteiger charge is -2.11. The van der Waals surface area contributed by atoms with E-state index >= 15 is 0 Å². The Balaban J connectivity index is 2.02. The number of hydrazone groups is 1. The Bertz CT molecular complexity index is 718. The molecular formula is C18H19ClN2O3. The minimum atomic E-state index is -0.193. The van der Waals surface area contributed by atoms with E-state index in [1.807, 2.05) is 37.3 Å². The second-order valence-electron chi connectivity index (χ2n) is 4.92. The molecule has 6 heteroatoms. The van der Waals surface area contributed by atoms with Crippen molar-refractivity contribution in [3.8, 4) is 11.5 Å². The zero-order chi connectivity index (χ0) is 17.4. The number of rotatable bonds is 7. The summed E-state index contributed by atoms with van der Waals surface area (Å²) in [5.41, 5.74) is 4.12. The molecule has 2 aromatic rings. The molecule has 0 radical (unpaired) electrons. The second kappa shape index (κ2) is 8.93. The molecular weight excluding hydrogens is 328 g/mol. The van der Waals surface area contributed by atoms with Crippen molar-refractivity contribution in [2.24, 2.45) is 5.10 Å². The third-order valence-corrected chi connectivity index (χ3v) is 3.43. The van der Waals surface area contributed by atoms with Gasteiger partial charge in [-0.25, -0.2) is 5.43 Å². The Hall–Kier alpha value is -2.53. The van der Waals surface area contributed by atoms with Crippen molar-refractivity contribution in [2.45, 2.75) is 13.3 Å². The summed E-state index contributed by atoms with van der Waals surface area (Å²) >= 11 is 6.17. The van der Waals surface area contributed by atoms with Gasteiger partial charge in [0.25, 0.3) is 0 Å². The largest absolute Gasteiger partial charge is 0.491 e. The average Bonchev–Trinajstić information content (AvgIpc) is 2.56. The van der Waals surface area contributed by atoms with Crippen LogP contribution < -0.4 is 14.9 Å². The molecule has 0 aliphatic heterocycles. The number of carbonyl (C=O) groups excluding carboxylic acids is 1. The van der Waals surface area contributed by atoms with Gasteiger partial charge in [0.2, 0.25) is 5.91 Å². The summed E-state index contributed by atoms with van der Waals surface area (Å²) in [4.78, 5) is 11.8. The Labute approximate surface area is 146 Å². The first kappa shape index (κ1) is 17.8. The summed E-state index contributed by atoms with van der Waals surface area (Å²) in [5.74, 6) is 0.815. The molecule has 0 heterocycles. The van der Waals surface area contributed by atoms with Crippen LogP contribution in [-0.4, -0.2) is 25.8 Å². The van der Waals surface area contributed by atoms with Gasteiger partial charge in [-0.1, -0.05) is 41.9 Å².